The number of rotatable bonds is 6. The second-order valence-corrected chi connectivity index (χ2v) is 7.27. The van der Waals surface area contributed by atoms with Gasteiger partial charge in [-0.2, -0.15) is 0 Å². The Labute approximate surface area is 130 Å². The molecule has 0 spiro atoms. The highest BCUT2D eigenvalue weighted by molar-refractivity contribution is 7.92. The van der Waals surface area contributed by atoms with Gasteiger partial charge in [0.25, 0.3) is 0 Å². The molecule has 0 amide bonds. The summed E-state index contributed by atoms with van der Waals surface area (Å²) < 4.78 is 37.8. The minimum atomic E-state index is -3.49. The lowest BCUT2D eigenvalue weighted by atomic mass is 10.3. The fourth-order valence-corrected chi connectivity index (χ4v) is 4.27. The molecule has 118 valence electrons. The van der Waals surface area contributed by atoms with Gasteiger partial charge in [0.2, 0.25) is 10.0 Å². The summed E-state index contributed by atoms with van der Waals surface area (Å²) >= 11 is 0. The highest BCUT2D eigenvalue weighted by Crippen LogP contribution is 2.24. The standard InChI is InChI=1S/C16H19NO4S/c18-22(19,13-16-9-5-11-21-16)17(12-15-8-4-10-20-15)14-6-2-1-3-7-14/h1-4,6-8,10,16H,5,9,11-13H2. The molecule has 5 nitrogen and oxygen atoms in total. The first kappa shape index (κ1) is 15.1. The van der Waals surface area contributed by atoms with E-state index in [0.717, 1.165) is 12.8 Å². The van der Waals surface area contributed by atoms with E-state index in [9.17, 15) is 8.42 Å². The highest BCUT2D eigenvalue weighted by atomic mass is 32.2. The number of nitrogens with zero attached hydrogens (tertiary/aromatic N) is 1. The summed E-state index contributed by atoms with van der Waals surface area (Å²) in [6.45, 7) is 0.829. The molecule has 3 rings (SSSR count). The second kappa shape index (κ2) is 6.54. The lowest BCUT2D eigenvalue weighted by Gasteiger charge is -2.25. The van der Waals surface area contributed by atoms with E-state index in [1.54, 1.807) is 30.5 Å². The van der Waals surface area contributed by atoms with Crippen molar-refractivity contribution < 1.29 is 17.6 Å². The molecule has 0 aliphatic carbocycles. The number of hydrogen-bond acceptors (Lipinski definition) is 4. The van der Waals surface area contributed by atoms with Gasteiger partial charge in [0.15, 0.2) is 0 Å². The van der Waals surface area contributed by atoms with Gasteiger partial charge in [0.05, 0.1) is 30.4 Å². The molecule has 22 heavy (non-hydrogen) atoms. The minimum Gasteiger partial charge on any atom is -0.467 e. The van der Waals surface area contributed by atoms with Gasteiger partial charge in [0, 0.05) is 6.61 Å². The maximum Gasteiger partial charge on any atom is 0.238 e. The topological polar surface area (TPSA) is 59.8 Å². The Bertz CT molecular complexity index is 676. The first-order chi connectivity index (χ1) is 10.6. The zero-order valence-corrected chi connectivity index (χ0v) is 13.0. The molecule has 0 saturated carbocycles. The molecular weight excluding hydrogens is 302 g/mol. The van der Waals surface area contributed by atoms with Crippen LogP contribution >= 0.6 is 0 Å². The Morgan fingerprint density at radius 2 is 1.95 bits per heavy atom. The molecule has 1 aromatic carbocycles. The third-order valence-corrected chi connectivity index (χ3v) is 5.48. The van der Waals surface area contributed by atoms with Crippen molar-refractivity contribution in [3.63, 3.8) is 0 Å². The summed E-state index contributed by atoms with van der Waals surface area (Å²) in [5.74, 6) is 0.613. The largest absolute Gasteiger partial charge is 0.467 e. The number of furan rings is 1. The van der Waals surface area contributed by atoms with E-state index in [4.69, 9.17) is 9.15 Å². The number of para-hydroxylation sites is 1. The van der Waals surface area contributed by atoms with Crippen molar-refractivity contribution in [2.24, 2.45) is 0 Å². The van der Waals surface area contributed by atoms with Crippen LogP contribution in [0.4, 0.5) is 5.69 Å². The van der Waals surface area contributed by atoms with Crippen molar-refractivity contribution >= 4 is 15.7 Å². The maximum atomic E-state index is 12.8. The van der Waals surface area contributed by atoms with Crippen LogP contribution in [-0.4, -0.2) is 26.9 Å². The van der Waals surface area contributed by atoms with Crippen molar-refractivity contribution in [1.82, 2.24) is 0 Å². The number of benzene rings is 1. The molecule has 0 radical (unpaired) electrons. The summed E-state index contributed by atoms with van der Waals surface area (Å²) in [6.07, 6.45) is 3.05. The van der Waals surface area contributed by atoms with Crippen LogP contribution < -0.4 is 4.31 Å². The highest BCUT2D eigenvalue weighted by Gasteiger charge is 2.29. The predicted molar refractivity (Wildman–Crippen MR) is 84.1 cm³/mol. The van der Waals surface area contributed by atoms with Crippen molar-refractivity contribution in [3.8, 4) is 0 Å². The monoisotopic (exact) mass is 321 g/mol. The van der Waals surface area contributed by atoms with Gasteiger partial charge in [-0.05, 0) is 37.1 Å². The molecule has 2 heterocycles. The lowest BCUT2D eigenvalue weighted by molar-refractivity contribution is 0.127. The van der Waals surface area contributed by atoms with Gasteiger partial charge in [0.1, 0.15) is 5.76 Å². The number of anilines is 1. The Balaban J connectivity index is 1.86. The van der Waals surface area contributed by atoms with Crippen LogP contribution in [0.5, 0.6) is 0 Å². The molecule has 0 bridgehead atoms. The smallest absolute Gasteiger partial charge is 0.238 e. The molecule has 1 saturated heterocycles. The van der Waals surface area contributed by atoms with E-state index in [0.29, 0.717) is 18.1 Å². The molecule has 1 fully saturated rings. The summed E-state index contributed by atoms with van der Waals surface area (Å²) in [5.41, 5.74) is 0.636. The summed E-state index contributed by atoms with van der Waals surface area (Å²) in [6, 6.07) is 12.6. The maximum absolute atomic E-state index is 12.8. The molecule has 1 aliphatic rings. The zero-order chi connectivity index (χ0) is 15.4. The average Bonchev–Trinajstić information content (AvgIpc) is 3.18. The number of ether oxygens (including phenoxy) is 1. The van der Waals surface area contributed by atoms with E-state index in [1.165, 1.54) is 4.31 Å². The number of hydrogen-bond donors (Lipinski definition) is 0. The van der Waals surface area contributed by atoms with E-state index in [2.05, 4.69) is 0 Å². The zero-order valence-electron chi connectivity index (χ0n) is 12.2. The van der Waals surface area contributed by atoms with Gasteiger partial charge in [-0.25, -0.2) is 8.42 Å². The van der Waals surface area contributed by atoms with E-state index in [-0.39, 0.29) is 18.4 Å². The predicted octanol–water partition coefficient (Wildman–Crippen LogP) is 2.80. The number of sulfonamides is 1. The second-order valence-electron chi connectivity index (χ2n) is 5.34. The molecule has 2 aromatic rings. The Kier molecular flexibility index (Phi) is 4.49. The average molecular weight is 321 g/mol. The molecule has 1 aliphatic heterocycles. The SMILES string of the molecule is O=S(=O)(CC1CCCO1)N(Cc1ccco1)c1ccccc1. The molecule has 1 atom stereocenters. The van der Waals surface area contributed by atoms with Crippen LogP contribution in [0.15, 0.2) is 53.1 Å². The lowest BCUT2D eigenvalue weighted by Crippen LogP contribution is -2.36. The van der Waals surface area contributed by atoms with Gasteiger partial charge in [-0.3, -0.25) is 4.31 Å². The fraction of sp³-hybridized carbons (Fsp3) is 0.375. The van der Waals surface area contributed by atoms with Gasteiger partial charge in [-0.15, -0.1) is 0 Å². The molecule has 6 heteroatoms. The summed E-state index contributed by atoms with van der Waals surface area (Å²) in [5, 5.41) is 0. The third kappa shape index (κ3) is 3.51. The summed E-state index contributed by atoms with van der Waals surface area (Å²) in [4.78, 5) is 0. The van der Waals surface area contributed by atoms with Crippen LogP contribution in [0.2, 0.25) is 0 Å². The summed E-state index contributed by atoms with van der Waals surface area (Å²) in [7, 11) is -3.49. The quantitative estimate of drug-likeness (QED) is 0.821. The van der Waals surface area contributed by atoms with Crippen LogP contribution in [-0.2, 0) is 21.3 Å². The molecular formula is C16H19NO4S. The Morgan fingerprint density at radius 3 is 2.59 bits per heavy atom. The van der Waals surface area contributed by atoms with Gasteiger partial charge in [-0.1, -0.05) is 18.2 Å². The van der Waals surface area contributed by atoms with E-state index < -0.39 is 10.0 Å². The first-order valence-electron chi connectivity index (χ1n) is 7.34. The van der Waals surface area contributed by atoms with Crippen LogP contribution in [0.25, 0.3) is 0 Å². The van der Waals surface area contributed by atoms with Crippen LogP contribution in [0.3, 0.4) is 0 Å². The van der Waals surface area contributed by atoms with Crippen LogP contribution in [0, 0.1) is 0 Å². The molecule has 1 unspecified atom stereocenters. The van der Waals surface area contributed by atoms with Crippen molar-refractivity contribution in [2.45, 2.75) is 25.5 Å². The van der Waals surface area contributed by atoms with Gasteiger partial charge >= 0.3 is 0 Å². The molecule has 0 N–H and O–H groups in total. The van der Waals surface area contributed by atoms with E-state index >= 15 is 0 Å². The first-order valence-corrected chi connectivity index (χ1v) is 8.95. The Hall–Kier alpha value is -1.79. The van der Waals surface area contributed by atoms with Crippen molar-refractivity contribution in [3.05, 3.63) is 54.5 Å². The van der Waals surface area contributed by atoms with Crippen molar-refractivity contribution in [1.29, 1.82) is 0 Å². The van der Waals surface area contributed by atoms with E-state index in [1.807, 2.05) is 18.2 Å². The normalized spacial score (nSPS) is 18.5. The fourth-order valence-electron chi connectivity index (χ4n) is 2.59. The minimum absolute atomic E-state index is 0.00258. The molecule has 1 aromatic heterocycles. The van der Waals surface area contributed by atoms with Crippen molar-refractivity contribution in [2.75, 3.05) is 16.7 Å². The van der Waals surface area contributed by atoms with Gasteiger partial charge < -0.3 is 9.15 Å². The van der Waals surface area contributed by atoms with Crippen LogP contribution in [0.1, 0.15) is 18.6 Å². The Morgan fingerprint density at radius 1 is 1.14 bits per heavy atom. The third-order valence-electron chi connectivity index (χ3n) is 3.68.